The molecule has 0 saturated carbocycles. The van der Waals surface area contributed by atoms with Crippen LogP contribution in [0.3, 0.4) is 0 Å². The molecule has 1 rings (SSSR count). The molecule has 0 atom stereocenters. The molecule has 0 amide bonds. The van der Waals surface area contributed by atoms with Crippen molar-refractivity contribution in [3.63, 3.8) is 0 Å². The Bertz CT molecular complexity index is 446. The minimum absolute atomic E-state index is 0.260. The lowest BCUT2D eigenvalue weighted by Crippen LogP contribution is -2.05. The Morgan fingerprint density at radius 1 is 1.53 bits per heavy atom. The van der Waals surface area contributed by atoms with E-state index in [0.29, 0.717) is 18.0 Å². The molecule has 0 aromatic heterocycles. The van der Waals surface area contributed by atoms with E-state index < -0.39 is 10.7 Å². The van der Waals surface area contributed by atoms with Crippen LogP contribution in [0.1, 0.15) is 0 Å². The molecule has 0 unspecified atom stereocenters. The summed E-state index contributed by atoms with van der Waals surface area (Å²) in [5, 5.41) is 13.4. The molecule has 1 aromatic rings. The number of thioether (sulfide) groups is 1. The molecule has 4 nitrogen and oxygen atoms in total. The highest BCUT2D eigenvalue weighted by atomic mass is 32.2. The van der Waals surface area contributed by atoms with Gasteiger partial charge in [0.25, 0.3) is 5.69 Å². The van der Waals surface area contributed by atoms with Crippen LogP contribution >= 0.6 is 11.8 Å². The molecule has 0 fully saturated rings. The highest BCUT2D eigenvalue weighted by Gasteiger charge is 2.09. The number of non-ortho nitro benzene ring substituents is 1. The molecule has 0 saturated heterocycles. The number of nitrogens with zero attached hydrogens (tertiary/aromatic N) is 1. The summed E-state index contributed by atoms with van der Waals surface area (Å²) in [5.74, 6) is 3.23. The number of nitrogens with one attached hydrogen (secondary N) is 1. The summed E-state index contributed by atoms with van der Waals surface area (Å²) in [7, 11) is 0. The first kappa shape index (κ1) is 13.3. The average molecular weight is 254 g/mol. The average Bonchev–Trinajstić information content (AvgIpc) is 2.28. The lowest BCUT2D eigenvalue weighted by atomic mass is 10.2. The van der Waals surface area contributed by atoms with E-state index in [4.69, 9.17) is 6.42 Å². The summed E-state index contributed by atoms with van der Waals surface area (Å²) in [5.41, 5.74) is 0.141. The van der Waals surface area contributed by atoms with Gasteiger partial charge in [0.15, 0.2) is 0 Å². The molecule has 1 aromatic carbocycles. The van der Waals surface area contributed by atoms with Gasteiger partial charge in [-0.05, 0) is 6.07 Å². The maximum atomic E-state index is 13.0. The molecule has 0 aliphatic carbocycles. The van der Waals surface area contributed by atoms with Crippen LogP contribution < -0.4 is 5.32 Å². The normalized spacial score (nSPS) is 9.65. The van der Waals surface area contributed by atoms with Crippen LogP contribution in [-0.2, 0) is 0 Å². The topological polar surface area (TPSA) is 55.2 Å². The van der Waals surface area contributed by atoms with Gasteiger partial charge in [0.2, 0.25) is 0 Å². The van der Waals surface area contributed by atoms with Crippen molar-refractivity contribution in [3.8, 4) is 12.3 Å². The van der Waals surface area contributed by atoms with Gasteiger partial charge in [0.05, 0.1) is 16.7 Å². The summed E-state index contributed by atoms with van der Waals surface area (Å²) >= 11 is 1.56. The maximum absolute atomic E-state index is 13.0. The van der Waals surface area contributed by atoms with Crippen molar-refractivity contribution in [1.29, 1.82) is 0 Å². The molecule has 0 spiro atoms. The fourth-order valence-electron chi connectivity index (χ4n) is 1.18. The Kier molecular flexibility index (Phi) is 5.30. The minimum atomic E-state index is -0.627. The van der Waals surface area contributed by atoms with E-state index in [1.165, 1.54) is 12.1 Å². The maximum Gasteiger partial charge on any atom is 0.274 e. The fraction of sp³-hybridized carbons (Fsp3) is 0.273. The van der Waals surface area contributed by atoms with Crippen molar-refractivity contribution in [2.24, 2.45) is 0 Å². The van der Waals surface area contributed by atoms with Gasteiger partial charge >= 0.3 is 0 Å². The first-order chi connectivity index (χ1) is 8.13. The first-order valence-corrected chi connectivity index (χ1v) is 5.99. The van der Waals surface area contributed by atoms with Crippen molar-refractivity contribution < 1.29 is 9.31 Å². The smallest absolute Gasteiger partial charge is 0.274 e. The molecular formula is C11H11FN2O2S. The van der Waals surface area contributed by atoms with Crippen LogP contribution in [0.2, 0.25) is 0 Å². The molecular weight excluding hydrogens is 243 g/mol. The molecule has 0 aliphatic rings. The Balaban J connectivity index is 2.53. The third-order valence-electron chi connectivity index (χ3n) is 1.85. The Hall–Kier alpha value is -1.74. The van der Waals surface area contributed by atoms with Crippen LogP contribution in [0.25, 0.3) is 0 Å². The SMILES string of the molecule is C#CCSCCNc1cc(F)cc([N+](=O)[O-])c1. The standard InChI is InChI=1S/C11H11FN2O2S/c1-2-4-17-5-3-13-10-6-9(12)7-11(8-10)14(15)16/h1,6-8,13H,3-5H2. The van der Waals surface area contributed by atoms with Crippen LogP contribution in [0.4, 0.5) is 15.8 Å². The van der Waals surface area contributed by atoms with E-state index in [0.717, 1.165) is 11.8 Å². The molecule has 1 N–H and O–H groups in total. The lowest BCUT2D eigenvalue weighted by molar-refractivity contribution is -0.385. The largest absolute Gasteiger partial charge is 0.384 e. The zero-order chi connectivity index (χ0) is 12.7. The van der Waals surface area contributed by atoms with Crippen molar-refractivity contribution in [3.05, 3.63) is 34.1 Å². The van der Waals surface area contributed by atoms with Gasteiger partial charge in [-0.2, -0.15) is 0 Å². The second-order valence-electron chi connectivity index (χ2n) is 3.14. The molecule has 0 bridgehead atoms. The van der Waals surface area contributed by atoms with Crippen LogP contribution in [0.5, 0.6) is 0 Å². The van der Waals surface area contributed by atoms with Gasteiger partial charge in [-0.15, -0.1) is 18.2 Å². The molecule has 17 heavy (non-hydrogen) atoms. The monoisotopic (exact) mass is 254 g/mol. The Labute approximate surface area is 103 Å². The highest BCUT2D eigenvalue weighted by Crippen LogP contribution is 2.19. The van der Waals surface area contributed by atoms with Gasteiger partial charge in [-0.1, -0.05) is 5.92 Å². The molecule has 0 heterocycles. The predicted octanol–water partition coefficient (Wildman–Crippen LogP) is 2.51. The number of benzene rings is 1. The van der Waals surface area contributed by atoms with E-state index >= 15 is 0 Å². The summed E-state index contributed by atoms with van der Waals surface area (Å²) in [4.78, 5) is 9.88. The quantitative estimate of drug-likeness (QED) is 0.367. The number of halogens is 1. The van der Waals surface area contributed by atoms with Gasteiger partial charge < -0.3 is 5.32 Å². The highest BCUT2D eigenvalue weighted by molar-refractivity contribution is 7.99. The van der Waals surface area contributed by atoms with Gasteiger partial charge in [0, 0.05) is 24.1 Å². The van der Waals surface area contributed by atoms with E-state index in [2.05, 4.69) is 11.2 Å². The van der Waals surface area contributed by atoms with Crippen molar-refractivity contribution >= 4 is 23.1 Å². The second kappa shape index (κ2) is 6.76. The molecule has 6 heteroatoms. The summed E-state index contributed by atoms with van der Waals surface area (Å²) in [6, 6.07) is 3.41. The summed E-state index contributed by atoms with van der Waals surface area (Å²) in [6.45, 7) is 0.576. The number of anilines is 1. The second-order valence-corrected chi connectivity index (χ2v) is 4.24. The lowest BCUT2D eigenvalue weighted by Gasteiger charge is -2.05. The number of nitro benzene ring substituents is 1. The predicted molar refractivity (Wildman–Crippen MR) is 67.7 cm³/mol. The Morgan fingerprint density at radius 3 is 2.94 bits per heavy atom. The zero-order valence-electron chi connectivity index (χ0n) is 8.98. The van der Waals surface area contributed by atoms with Crippen LogP contribution in [0, 0.1) is 28.3 Å². The van der Waals surface area contributed by atoms with Gasteiger partial charge in [0.1, 0.15) is 5.82 Å². The number of hydrogen-bond acceptors (Lipinski definition) is 4. The number of terminal acetylenes is 1. The van der Waals surface area contributed by atoms with Gasteiger partial charge in [-0.25, -0.2) is 4.39 Å². The molecule has 0 aliphatic heterocycles. The molecule has 90 valence electrons. The number of rotatable bonds is 6. The van der Waals surface area contributed by atoms with E-state index in [9.17, 15) is 14.5 Å². The van der Waals surface area contributed by atoms with Crippen molar-refractivity contribution in [2.75, 3.05) is 23.4 Å². The molecule has 0 radical (unpaired) electrons. The van der Waals surface area contributed by atoms with Crippen molar-refractivity contribution in [2.45, 2.75) is 0 Å². The van der Waals surface area contributed by atoms with Crippen LogP contribution in [0.15, 0.2) is 18.2 Å². The third-order valence-corrected chi connectivity index (χ3v) is 2.72. The zero-order valence-corrected chi connectivity index (χ0v) is 9.80. The number of hydrogen-bond donors (Lipinski definition) is 1. The fourth-order valence-corrected chi connectivity index (χ4v) is 1.69. The first-order valence-electron chi connectivity index (χ1n) is 4.83. The Morgan fingerprint density at radius 2 is 2.29 bits per heavy atom. The third kappa shape index (κ3) is 4.74. The van der Waals surface area contributed by atoms with E-state index in [1.807, 2.05) is 0 Å². The van der Waals surface area contributed by atoms with Crippen LogP contribution in [-0.4, -0.2) is 23.0 Å². The number of nitro groups is 1. The van der Waals surface area contributed by atoms with Gasteiger partial charge in [-0.3, -0.25) is 10.1 Å². The summed E-state index contributed by atoms with van der Waals surface area (Å²) in [6.07, 6.45) is 5.08. The van der Waals surface area contributed by atoms with Crippen molar-refractivity contribution in [1.82, 2.24) is 0 Å². The van der Waals surface area contributed by atoms with E-state index in [-0.39, 0.29) is 5.69 Å². The van der Waals surface area contributed by atoms with E-state index in [1.54, 1.807) is 11.8 Å². The summed E-state index contributed by atoms with van der Waals surface area (Å²) < 4.78 is 13.0. The minimum Gasteiger partial charge on any atom is -0.384 e.